The topological polar surface area (TPSA) is 54.2 Å². The second-order valence-corrected chi connectivity index (χ2v) is 9.45. The highest BCUT2D eigenvalue weighted by molar-refractivity contribution is 5.35. The van der Waals surface area contributed by atoms with Gasteiger partial charge in [0.1, 0.15) is 6.17 Å². The molecule has 36 heavy (non-hydrogen) atoms. The maximum Gasteiger partial charge on any atom is 0.119 e. The Labute approximate surface area is 215 Å². The molecular weight excluding hydrogens is 447 g/mol. The second-order valence-electron chi connectivity index (χ2n) is 9.45. The van der Waals surface area contributed by atoms with Gasteiger partial charge in [0.2, 0.25) is 0 Å². The Hall–Kier alpha value is -3.62. The van der Waals surface area contributed by atoms with E-state index >= 15 is 0 Å². The van der Waals surface area contributed by atoms with E-state index in [0.29, 0.717) is 25.3 Å². The molecule has 0 bridgehead atoms. The van der Waals surface area contributed by atoms with E-state index in [2.05, 4.69) is 73.2 Å². The van der Waals surface area contributed by atoms with Crippen LogP contribution in [0.1, 0.15) is 54.5 Å². The lowest BCUT2D eigenvalue weighted by Crippen LogP contribution is -2.35. The van der Waals surface area contributed by atoms with Crippen LogP contribution in [0.5, 0.6) is 0 Å². The average Bonchev–Trinajstić information content (AvgIpc) is 3.34. The largest absolute Gasteiger partial charge is 0.371 e. The molecule has 0 radical (unpaired) electrons. The van der Waals surface area contributed by atoms with Gasteiger partial charge in [0.15, 0.2) is 0 Å². The lowest BCUT2D eigenvalue weighted by Gasteiger charge is -2.25. The minimum atomic E-state index is -0.739. The molecule has 3 N–H and O–H groups in total. The molecular formula is C31H37FN4. The summed E-state index contributed by atoms with van der Waals surface area (Å²) in [6, 6.07) is 25.2. The number of rotatable bonds is 8. The van der Waals surface area contributed by atoms with Gasteiger partial charge in [-0.05, 0) is 47.1 Å². The van der Waals surface area contributed by atoms with Gasteiger partial charge in [0.25, 0.3) is 0 Å². The average molecular weight is 485 g/mol. The molecule has 1 aliphatic rings. The maximum absolute atomic E-state index is 13.1. The van der Waals surface area contributed by atoms with Crippen LogP contribution in [0.15, 0.2) is 91.4 Å². The van der Waals surface area contributed by atoms with Crippen molar-refractivity contribution in [3.05, 3.63) is 114 Å². The summed E-state index contributed by atoms with van der Waals surface area (Å²) in [5.41, 5.74) is 11.7. The van der Waals surface area contributed by atoms with Crippen molar-refractivity contribution in [2.24, 2.45) is 5.73 Å². The van der Waals surface area contributed by atoms with Gasteiger partial charge in [-0.15, -0.1) is 0 Å². The van der Waals surface area contributed by atoms with Crippen molar-refractivity contribution in [3.8, 4) is 12.5 Å². The first-order valence-corrected chi connectivity index (χ1v) is 12.5. The Morgan fingerprint density at radius 1 is 1.11 bits per heavy atom. The monoisotopic (exact) mass is 484 g/mol. The summed E-state index contributed by atoms with van der Waals surface area (Å²) in [5, 5.41) is 3.09. The molecule has 0 saturated carbocycles. The van der Waals surface area contributed by atoms with Crippen LogP contribution in [0.4, 0.5) is 4.39 Å². The minimum absolute atomic E-state index is 0.0485. The Balaban J connectivity index is 0.000000202. The molecule has 1 aliphatic heterocycles. The molecule has 5 heteroatoms. The summed E-state index contributed by atoms with van der Waals surface area (Å²) in [5.74, 6) is 0.546. The molecule has 3 unspecified atom stereocenters. The molecule has 188 valence electrons. The van der Waals surface area contributed by atoms with Gasteiger partial charge in [-0.3, -0.25) is 4.98 Å². The fraction of sp³-hybridized carbons (Fsp3) is 0.323. The zero-order chi connectivity index (χ0) is 25.9. The Kier molecular flexibility index (Phi) is 10.1. The zero-order valence-corrected chi connectivity index (χ0v) is 21.3. The van der Waals surface area contributed by atoms with Crippen molar-refractivity contribution < 1.29 is 4.39 Å². The van der Waals surface area contributed by atoms with E-state index in [1.165, 1.54) is 16.7 Å². The Morgan fingerprint density at radius 2 is 1.78 bits per heavy atom. The van der Waals surface area contributed by atoms with Crippen molar-refractivity contribution in [1.82, 2.24) is 15.2 Å². The van der Waals surface area contributed by atoms with Crippen molar-refractivity contribution in [3.63, 3.8) is 0 Å². The summed E-state index contributed by atoms with van der Waals surface area (Å²) in [7, 11) is 0. The first-order chi connectivity index (χ1) is 17.4. The first-order valence-electron chi connectivity index (χ1n) is 12.5. The van der Waals surface area contributed by atoms with Crippen LogP contribution in [0.25, 0.3) is 0 Å². The lowest BCUT2D eigenvalue weighted by molar-refractivity contribution is 0.315. The third kappa shape index (κ3) is 7.69. The van der Waals surface area contributed by atoms with Crippen molar-refractivity contribution in [2.75, 3.05) is 13.1 Å². The smallest absolute Gasteiger partial charge is 0.119 e. The molecule has 2 heterocycles. The summed E-state index contributed by atoms with van der Waals surface area (Å²) < 4.78 is 13.1. The number of aromatic nitrogens is 1. The van der Waals surface area contributed by atoms with Gasteiger partial charge < -0.3 is 16.0 Å². The standard InChI is InChI=1S/C18H19N.C13H18FN3/c1-4-19-18(16-8-6-5-7-9-16)17-12-10-15(11-13-17)14(2)3;1-10(17-6-4-12(14)9-17)13(15)7-11-3-2-5-16-8-11/h1,5-14,18-19H,2-3H3;2-3,5,8,12-13H,1,4,6-7,9,15H2. The van der Waals surface area contributed by atoms with Crippen LogP contribution in [-0.4, -0.2) is 35.2 Å². The highest BCUT2D eigenvalue weighted by Crippen LogP contribution is 2.24. The molecule has 0 aliphatic carbocycles. The van der Waals surface area contributed by atoms with E-state index in [1.807, 2.05) is 35.2 Å². The number of nitrogens with zero attached hydrogens (tertiary/aromatic N) is 2. The predicted octanol–water partition coefficient (Wildman–Crippen LogP) is 5.59. The Morgan fingerprint density at radius 3 is 2.33 bits per heavy atom. The number of terminal acetylenes is 1. The number of halogens is 1. The normalized spacial score (nSPS) is 16.4. The second kappa shape index (κ2) is 13.5. The van der Waals surface area contributed by atoms with Gasteiger partial charge in [-0.1, -0.05) is 87.5 Å². The number of alkyl halides is 1. The van der Waals surface area contributed by atoms with Gasteiger partial charge in [0, 0.05) is 43.3 Å². The number of hydrogen-bond acceptors (Lipinski definition) is 4. The van der Waals surface area contributed by atoms with Gasteiger partial charge >= 0.3 is 0 Å². The van der Waals surface area contributed by atoms with Crippen LogP contribution in [0.3, 0.4) is 0 Å². The van der Waals surface area contributed by atoms with E-state index in [1.54, 1.807) is 12.4 Å². The van der Waals surface area contributed by atoms with Crippen LogP contribution in [0, 0.1) is 12.5 Å². The number of nitrogens with one attached hydrogen (secondary N) is 1. The van der Waals surface area contributed by atoms with Crippen molar-refractivity contribution in [2.45, 2.75) is 50.9 Å². The fourth-order valence-corrected chi connectivity index (χ4v) is 4.26. The zero-order valence-electron chi connectivity index (χ0n) is 21.3. The van der Waals surface area contributed by atoms with Gasteiger partial charge in [-0.25, -0.2) is 4.39 Å². The number of hydrogen-bond donors (Lipinski definition) is 2. The highest BCUT2D eigenvalue weighted by Gasteiger charge is 2.25. The third-order valence-corrected chi connectivity index (χ3v) is 6.44. The van der Waals surface area contributed by atoms with Crippen LogP contribution in [-0.2, 0) is 6.42 Å². The summed E-state index contributed by atoms with van der Waals surface area (Å²) >= 11 is 0. The lowest BCUT2D eigenvalue weighted by atomic mass is 9.95. The van der Waals surface area contributed by atoms with Crippen molar-refractivity contribution >= 4 is 0 Å². The number of benzene rings is 2. The van der Waals surface area contributed by atoms with Crippen molar-refractivity contribution in [1.29, 1.82) is 0 Å². The molecule has 1 saturated heterocycles. The molecule has 3 aromatic rings. The molecule has 0 spiro atoms. The highest BCUT2D eigenvalue weighted by atomic mass is 19.1. The fourth-order valence-electron chi connectivity index (χ4n) is 4.26. The van der Waals surface area contributed by atoms with Crippen LogP contribution in [0.2, 0.25) is 0 Å². The summed E-state index contributed by atoms with van der Waals surface area (Å²) in [6.45, 7) is 9.53. The van der Waals surface area contributed by atoms with E-state index in [4.69, 9.17) is 12.2 Å². The molecule has 2 aromatic carbocycles. The molecule has 4 rings (SSSR count). The van der Waals surface area contributed by atoms with E-state index in [0.717, 1.165) is 17.8 Å². The molecule has 4 nitrogen and oxygen atoms in total. The number of likely N-dealkylation sites (tertiary alicyclic amines) is 1. The predicted molar refractivity (Wildman–Crippen MR) is 147 cm³/mol. The molecule has 1 fully saturated rings. The first kappa shape index (κ1) is 27.0. The van der Waals surface area contributed by atoms with E-state index in [9.17, 15) is 4.39 Å². The van der Waals surface area contributed by atoms with E-state index in [-0.39, 0.29) is 12.1 Å². The number of nitrogens with two attached hydrogens (primary N) is 1. The molecule has 3 atom stereocenters. The minimum Gasteiger partial charge on any atom is -0.371 e. The number of pyridine rings is 1. The quantitative estimate of drug-likeness (QED) is 0.323. The maximum atomic E-state index is 13.1. The third-order valence-electron chi connectivity index (χ3n) is 6.44. The van der Waals surface area contributed by atoms with Crippen LogP contribution < -0.4 is 11.1 Å². The van der Waals surface area contributed by atoms with E-state index < -0.39 is 6.17 Å². The van der Waals surface area contributed by atoms with Gasteiger partial charge in [0.05, 0.1) is 6.04 Å². The summed E-state index contributed by atoms with van der Waals surface area (Å²) in [6.07, 6.45) is 9.49. The summed E-state index contributed by atoms with van der Waals surface area (Å²) in [4.78, 5) is 6.00. The van der Waals surface area contributed by atoms with Crippen LogP contribution >= 0.6 is 0 Å². The SMILES string of the molecule is C#CNC(c1ccccc1)c1ccc(C(C)C)cc1.C=C(C(N)Cc1cccnc1)N1CCC(F)C1. The molecule has 0 amide bonds. The van der Waals surface area contributed by atoms with Gasteiger partial charge in [-0.2, -0.15) is 0 Å². The Bertz CT molecular complexity index is 1110. The molecule has 1 aromatic heterocycles.